The predicted octanol–water partition coefficient (Wildman–Crippen LogP) is 4.62. The summed E-state index contributed by atoms with van der Waals surface area (Å²) in [6.07, 6.45) is 0. The zero-order chi connectivity index (χ0) is 20.1. The lowest BCUT2D eigenvalue weighted by Crippen LogP contribution is -2.13. The molecular formula is C16H12ClN3O5S2. The number of ether oxygens (including phenoxy) is 1. The van der Waals surface area contributed by atoms with E-state index in [1.165, 1.54) is 12.1 Å². The number of thioether (sulfide) groups is 1. The molecule has 2 aromatic rings. The van der Waals surface area contributed by atoms with Crippen LogP contribution in [-0.4, -0.2) is 23.4 Å². The van der Waals surface area contributed by atoms with E-state index in [-0.39, 0.29) is 27.1 Å². The minimum absolute atomic E-state index is 0.159. The highest BCUT2D eigenvalue weighted by Gasteiger charge is 2.26. The van der Waals surface area contributed by atoms with E-state index >= 15 is 0 Å². The molecule has 1 heterocycles. The molecule has 0 atom stereocenters. The summed E-state index contributed by atoms with van der Waals surface area (Å²) in [4.78, 5) is 35.7. The van der Waals surface area contributed by atoms with Crippen LogP contribution in [0.5, 0.6) is 0 Å². The molecule has 1 N–H and O–H groups in total. The Balaban J connectivity index is 2.45. The van der Waals surface area contributed by atoms with Gasteiger partial charge >= 0.3 is 5.97 Å². The first-order valence-electron chi connectivity index (χ1n) is 7.41. The van der Waals surface area contributed by atoms with Gasteiger partial charge in [0.1, 0.15) is 20.8 Å². The number of rotatable bonds is 6. The van der Waals surface area contributed by atoms with Crippen LogP contribution in [0.4, 0.5) is 10.7 Å². The predicted molar refractivity (Wildman–Crippen MR) is 103 cm³/mol. The molecule has 0 aliphatic rings. The Morgan fingerprint density at radius 1 is 1.48 bits per heavy atom. The Morgan fingerprint density at radius 3 is 2.78 bits per heavy atom. The molecule has 0 fully saturated rings. The molecule has 2 rings (SSSR count). The first-order chi connectivity index (χ1) is 12.8. The molecule has 0 saturated heterocycles. The van der Waals surface area contributed by atoms with Crippen molar-refractivity contribution in [2.75, 3.05) is 11.9 Å². The Labute approximate surface area is 167 Å². The summed E-state index contributed by atoms with van der Waals surface area (Å²) in [5.41, 5.74) is -0.157. The molecule has 1 amide bonds. The Bertz CT molecular complexity index is 968. The SMILES string of the molecule is CCOC(=O)c1sc(NC(=O)c2cc(Cl)ccc2[N+](=O)[O-])c(SC#N)c1C. The summed E-state index contributed by atoms with van der Waals surface area (Å²) in [7, 11) is 0. The number of anilines is 1. The Hall–Kier alpha value is -2.61. The molecule has 0 bridgehead atoms. The van der Waals surface area contributed by atoms with Gasteiger partial charge in [-0.3, -0.25) is 14.9 Å². The maximum absolute atomic E-state index is 12.6. The van der Waals surface area contributed by atoms with Crippen LogP contribution in [0.2, 0.25) is 5.02 Å². The van der Waals surface area contributed by atoms with E-state index in [2.05, 4.69) is 5.32 Å². The summed E-state index contributed by atoms with van der Waals surface area (Å²) in [5, 5.41) is 25.0. The van der Waals surface area contributed by atoms with E-state index in [4.69, 9.17) is 21.6 Å². The van der Waals surface area contributed by atoms with Crippen LogP contribution < -0.4 is 5.32 Å². The van der Waals surface area contributed by atoms with Crippen molar-refractivity contribution in [3.63, 3.8) is 0 Å². The van der Waals surface area contributed by atoms with Gasteiger partial charge in [0, 0.05) is 11.1 Å². The Kier molecular flexibility index (Phi) is 6.79. The highest BCUT2D eigenvalue weighted by atomic mass is 35.5. The van der Waals surface area contributed by atoms with Crippen LogP contribution in [-0.2, 0) is 4.74 Å². The highest BCUT2D eigenvalue weighted by Crippen LogP contribution is 2.40. The lowest BCUT2D eigenvalue weighted by molar-refractivity contribution is -0.385. The summed E-state index contributed by atoms with van der Waals surface area (Å²) in [6, 6.07) is 3.62. The molecule has 0 spiro atoms. The number of carbonyl (C=O) groups is 2. The van der Waals surface area contributed by atoms with Gasteiger partial charge in [-0.1, -0.05) is 11.6 Å². The number of esters is 1. The fourth-order valence-corrected chi connectivity index (χ4v) is 4.13. The maximum Gasteiger partial charge on any atom is 0.348 e. The van der Waals surface area contributed by atoms with Crippen LogP contribution in [0.25, 0.3) is 0 Å². The molecule has 0 radical (unpaired) electrons. The van der Waals surface area contributed by atoms with Crippen molar-refractivity contribution in [1.29, 1.82) is 5.26 Å². The third kappa shape index (κ3) is 4.57. The number of benzene rings is 1. The molecular weight excluding hydrogens is 414 g/mol. The number of carbonyl (C=O) groups excluding carboxylic acids is 2. The summed E-state index contributed by atoms with van der Waals surface area (Å²) in [5.74, 6) is -1.35. The first kappa shape index (κ1) is 20.7. The molecule has 11 heteroatoms. The number of nitrogens with zero attached hydrogens (tertiary/aromatic N) is 2. The van der Waals surface area contributed by atoms with E-state index < -0.39 is 22.5 Å². The van der Waals surface area contributed by atoms with Gasteiger partial charge in [-0.2, -0.15) is 5.26 Å². The minimum atomic E-state index is -0.777. The minimum Gasteiger partial charge on any atom is -0.462 e. The van der Waals surface area contributed by atoms with Crippen LogP contribution >= 0.6 is 34.7 Å². The summed E-state index contributed by atoms with van der Waals surface area (Å²) >= 11 is 7.55. The average Bonchev–Trinajstić information content (AvgIpc) is 2.91. The van der Waals surface area contributed by atoms with E-state index in [0.29, 0.717) is 10.5 Å². The lowest BCUT2D eigenvalue weighted by atomic mass is 10.1. The Morgan fingerprint density at radius 2 is 2.19 bits per heavy atom. The standard InChI is InChI=1S/C16H12ClN3O5S2/c1-3-25-16(22)13-8(2)12(26-7-18)15(27-13)19-14(21)10-6-9(17)4-5-11(10)20(23)24/h4-6H,3H2,1-2H3,(H,19,21). The second-order valence-corrected chi connectivity index (χ2v) is 7.25. The number of thiocyanates is 1. The van der Waals surface area contributed by atoms with Crippen LogP contribution in [0.3, 0.4) is 0 Å². The number of nitrogens with one attached hydrogen (secondary N) is 1. The maximum atomic E-state index is 12.6. The van der Waals surface area contributed by atoms with Crippen molar-refractivity contribution in [3.05, 3.63) is 49.3 Å². The van der Waals surface area contributed by atoms with Gasteiger partial charge in [-0.05, 0) is 43.3 Å². The van der Waals surface area contributed by atoms with Crippen molar-refractivity contribution in [3.8, 4) is 5.40 Å². The van der Waals surface area contributed by atoms with E-state index in [1.54, 1.807) is 13.8 Å². The number of thiophene rings is 1. The fraction of sp³-hybridized carbons (Fsp3) is 0.188. The third-order valence-corrected chi connectivity index (χ3v) is 5.68. The zero-order valence-corrected chi connectivity index (χ0v) is 16.5. The van der Waals surface area contributed by atoms with Gasteiger partial charge < -0.3 is 10.1 Å². The molecule has 0 aliphatic heterocycles. The van der Waals surface area contributed by atoms with Crippen LogP contribution in [0.15, 0.2) is 23.1 Å². The van der Waals surface area contributed by atoms with Gasteiger partial charge in [0.15, 0.2) is 0 Å². The largest absolute Gasteiger partial charge is 0.462 e. The van der Waals surface area contributed by atoms with Crippen molar-refractivity contribution in [1.82, 2.24) is 0 Å². The summed E-state index contributed by atoms with van der Waals surface area (Å²) < 4.78 is 4.97. The van der Waals surface area contributed by atoms with Gasteiger partial charge in [0.25, 0.3) is 11.6 Å². The first-order valence-corrected chi connectivity index (χ1v) is 9.42. The number of hydrogen-bond acceptors (Lipinski definition) is 8. The van der Waals surface area contributed by atoms with Crippen molar-refractivity contribution in [2.45, 2.75) is 18.7 Å². The molecule has 27 heavy (non-hydrogen) atoms. The molecule has 0 aliphatic carbocycles. The second kappa shape index (κ2) is 8.85. The lowest BCUT2D eigenvalue weighted by Gasteiger charge is -2.06. The number of nitro benzene ring substituents is 1. The van der Waals surface area contributed by atoms with Gasteiger partial charge in [-0.25, -0.2) is 4.79 Å². The molecule has 0 unspecified atom stereocenters. The number of nitro groups is 1. The third-order valence-electron chi connectivity index (χ3n) is 3.33. The van der Waals surface area contributed by atoms with Crippen molar-refractivity contribution >= 4 is 57.3 Å². The molecule has 8 nitrogen and oxygen atoms in total. The summed E-state index contributed by atoms with van der Waals surface area (Å²) in [6.45, 7) is 3.46. The topological polar surface area (TPSA) is 122 Å². The number of nitriles is 1. The fourth-order valence-electron chi connectivity index (χ4n) is 2.16. The molecule has 1 aromatic carbocycles. The molecule has 1 aromatic heterocycles. The van der Waals surface area contributed by atoms with Crippen LogP contribution in [0, 0.1) is 27.7 Å². The molecule has 140 valence electrons. The van der Waals surface area contributed by atoms with E-state index in [9.17, 15) is 19.7 Å². The van der Waals surface area contributed by atoms with Crippen LogP contribution in [0.1, 0.15) is 32.5 Å². The van der Waals surface area contributed by atoms with Crippen molar-refractivity contribution in [2.24, 2.45) is 0 Å². The number of amides is 1. The average molecular weight is 426 g/mol. The molecule has 0 saturated carbocycles. The van der Waals surface area contributed by atoms with Gasteiger partial charge in [0.05, 0.1) is 16.4 Å². The monoisotopic (exact) mass is 425 g/mol. The van der Waals surface area contributed by atoms with E-state index in [1.807, 2.05) is 5.40 Å². The quantitative estimate of drug-likeness (QED) is 0.235. The van der Waals surface area contributed by atoms with Gasteiger partial charge in [0.2, 0.25) is 0 Å². The van der Waals surface area contributed by atoms with E-state index in [0.717, 1.165) is 29.2 Å². The zero-order valence-electron chi connectivity index (χ0n) is 14.1. The number of hydrogen-bond donors (Lipinski definition) is 1. The smallest absolute Gasteiger partial charge is 0.348 e. The van der Waals surface area contributed by atoms with Gasteiger partial charge in [-0.15, -0.1) is 11.3 Å². The second-order valence-electron chi connectivity index (χ2n) is 5.00. The van der Waals surface area contributed by atoms with Crippen molar-refractivity contribution < 1.29 is 19.2 Å². The number of halogens is 1. The normalized spacial score (nSPS) is 10.1. The highest BCUT2D eigenvalue weighted by molar-refractivity contribution is 8.04.